The van der Waals surface area contributed by atoms with Crippen molar-refractivity contribution >= 4 is 11.9 Å². The number of nitrogens with zero attached hydrogens (tertiary/aromatic N) is 1. The van der Waals surface area contributed by atoms with Gasteiger partial charge in [-0.1, -0.05) is 37.3 Å². The second-order valence-electron chi connectivity index (χ2n) is 6.29. The third kappa shape index (κ3) is 8.68. The molecule has 1 aromatic carbocycles. The predicted octanol–water partition coefficient (Wildman–Crippen LogP) is 2.57. The van der Waals surface area contributed by atoms with E-state index >= 15 is 0 Å². The number of amides is 1. The quantitative estimate of drug-likeness (QED) is 0.346. The van der Waals surface area contributed by atoms with E-state index in [2.05, 4.69) is 17.3 Å². The van der Waals surface area contributed by atoms with Gasteiger partial charge in [0.25, 0.3) is 0 Å². The SMILES string of the molecule is CCC1C(=O)NC1C(=O)OCc1ccccc1.CN1CCC1.OOC(F)(F)F. The molecule has 1 amide bonds. The maximum Gasteiger partial charge on any atom is 0.549 e. The Morgan fingerprint density at radius 3 is 2.18 bits per heavy atom. The van der Waals surface area contributed by atoms with Gasteiger partial charge >= 0.3 is 12.3 Å². The smallest absolute Gasteiger partial charge is 0.459 e. The van der Waals surface area contributed by atoms with E-state index in [1.165, 1.54) is 19.5 Å². The third-order valence-corrected chi connectivity index (χ3v) is 4.14. The van der Waals surface area contributed by atoms with Crippen molar-refractivity contribution in [2.45, 2.75) is 38.8 Å². The molecule has 28 heavy (non-hydrogen) atoms. The van der Waals surface area contributed by atoms with Crippen molar-refractivity contribution in [3.8, 4) is 0 Å². The van der Waals surface area contributed by atoms with Gasteiger partial charge in [-0.2, -0.15) is 0 Å². The fraction of sp³-hybridized carbons (Fsp3) is 0.556. The summed E-state index contributed by atoms with van der Waals surface area (Å²) in [5.41, 5.74) is 0.944. The fourth-order valence-corrected chi connectivity index (χ4v) is 2.35. The van der Waals surface area contributed by atoms with Crippen LogP contribution in [0.25, 0.3) is 0 Å². The number of ether oxygens (including phenoxy) is 1. The summed E-state index contributed by atoms with van der Waals surface area (Å²) in [5.74, 6) is -0.632. The summed E-state index contributed by atoms with van der Waals surface area (Å²) < 4.78 is 36.1. The van der Waals surface area contributed by atoms with Crippen LogP contribution in [0.2, 0.25) is 0 Å². The number of carbonyl (C=O) groups excluding carboxylic acids is 2. The Bertz CT molecular complexity index is 609. The maximum absolute atomic E-state index is 11.7. The van der Waals surface area contributed by atoms with Gasteiger partial charge in [-0.25, -0.2) is 10.1 Å². The minimum Gasteiger partial charge on any atom is -0.459 e. The van der Waals surface area contributed by atoms with Crippen LogP contribution < -0.4 is 5.32 Å². The number of esters is 1. The van der Waals surface area contributed by atoms with Gasteiger partial charge in [0.2, 0.25) is 5.91 Å². The highest BCUT2D eigenvalue weighted by Crippen LogP contribution is 2.20. The van der Waals surface area contributed by atoms with Crippen LogP contribution in [0.5, 0.6) is 0 Å². The summed E-state index contributed by atoms with van der Waals surface area (Å²) in [6, 6.07) is 9.02. The van der Waals surface area contributed by atoms with Gasteiger partial charge in [0.15, 0.2) is 0 Å². The van der Waals surface area contributed by atoms with E-state index in [9.17, 15) is 22.8 Å². The van der Waals surface area contributed by atoms with E-state index < -0.39 is 12.4 Å². The second-order valence-corrected chi connectivity index (χ2v) is 6.29. The molecule has 0 saturated carbocycles. The summed E-state index contributed by atoms with van der Waals surface area (Å²) in [5, 5.41) is 9.34. The van der Waals surface area contributed by atoms with Gasteiger partial charge < -0.3 is 15.0 Å². The van der Waals surface area contributed by atoms with Crippen LogP contribution >= 0.6 is 0 Å². The molecule has 3 rings (SSSR count). The van der Waals surface area contributed by atoms with Gasteiger partial charge in [-0.15, -0.1) is 18.1 Å². The Labute approximate surface area is 161 Å². The monoisotopic (exact) mass is 406 g/mol. The van der Waals surface area contributed by atoms with Crippen molar-refractivity contribution in [2.75, 3.05) is 20.1 Å². The molecule has 2 unspecified atom stereocenters. The Morgan fingerprint density at radius 1 is 1.29 bits per heavy atom. The van der Waals surface area contributed by atoms with Gasteiger partial charge in [0.05, 0.1) is 5.92 Å². The molecular weight excluding hydrogens is 381 g/mol. The van der Waals surface area contributed by atoms with Gasteiger partial charge in [0.1, 0.15) is 12.6 Å². The van der Waals surface area contributed by atoms with Crippen LogP contribution in [0.4, 0.5) is 13.2 Å². The first kappa shape index (κ1) is 23.9. The lowest BCUT2D eigenvalue weighted by atomic mass is 9.88. The number of rotatable bonds is 4. The first-order valence-electron chi connectivity index (χ1n) is 8.76. The fourth-order valence-electron chi connectivity index (χ4n) is 2.35. The minimum atomic E-state index is -4.90. The van der Waals surface area contributed by atoms with E-state index in [1.54, 1.807) is 0 Å². The lowest BCUT2D eigenvalue weighted by Crippen LogP contribution is -2.62. The average molecular weight is 406 g/mol. The highest BCUT2D eigenvalue weighted by molar-refractivity contribution is 5.97. The molecule has 2 fully saturated rings. The number of β-lactam (4-membered cyclic amide) rings is 1. The Kier molecular flexibility index (Phi) is 9.91. The molecule has 0 aliphatic carbocycles. The highest BCUT2D eigenvalue weighted by atomic mass is 19.4. The van der Waals surface area contributed by atoms with E-state index in [0.29, 0.717) is 6.42 Å². The molecule has 0 bridgehead atoms. The predicted molar refractivity (Wildman–Crippen MR) is 93.8 cm³/mol. The molecule has 0 aromatic heterocycles. The number of alkyl halides is 3. The molecule has 0 spiro atoms. The zero-order valence-corrected chi connectivity index (χ0v) is 15.7. The second kappa shape index (κ2) is 11.6. The maximum atomic E-state index is 11.7. The molecule has 2 aliphatic heterocycles. The lowest BCUT2D eigenvalue weighted by molar-refractivity contribution is -0.464. The molecule has 2 N–H and O–H groups in total. The number of benzene rings is 1. The topological polar surface area (TPSA) is 88.1 Å². The zero-order valence-electron chi connectivity index (χ0n) is 15.7. The number of hydrogen-bond donors (Lipinski definition) is 2. The summed E-state index contributed by atoms with van der Waals surface area (Å²) in [4.78, 5) is 27.1. The molecule has 158 valence electrons. The van der Waals surface area contributed by atoms with Crippen molar-refractivity contribution in [3.05, 3.63) is 35.9 Å². The van der Waals surface area contributed by atoms with E-state index in [1.807, 2.05) is 42.1 Å². The summed E-state index contributed by atoms with van der Waals surface area (Å²) in [6.45, 7) is 4.78. The third-order valence-electron chi connectivity index (χ3n) is 4.14. The van der Waals surface area contributed by atoms with E-state index in [0.717, 1.165) is 5.56 Å². The van der Waals surface area contributed by atoms with Crippen LogP contribution in [-0.4, -0.2) is 54.6 Å². The number of nitrogens with one attached hydrogen (secondary N) is 1. The molecule has 2 aliphatic rings. The molecule has 0 radical (unpaired) electrons. The number of likely N-dealkylation sites (tertiary alicyclic amines) is 1. The average Bonchev–Trinajstić information content (AvgIpc) is 2.64. The van der Waals surface area contributed by atoms with Crippen LogP contribution in [0, 0.1) is 5.92 Å². The Balaban J connectivity index is 0.000000291. The Morgan fingerprint density at radius 2 is 1.82 bits per heavy atom. The molecule has 2 atom stereocenters. The first-order chi connectivity index (χ1) is 13.2. The van der Waals surface area contributed by atoms with Crippen molar-refractivity contribution in [1.29, 1.82) is 0 Å². The van der Waals surface area contributed by atoms with Crippen LogP contribution in [0.3, 0.4) is 0 Å². The molecule has 2 saturated heterocycles. The molecule has 2 heterocycles. The van der Waals surface area contributed by atoms with Crippen molar-refractivity contribution in [2.24, 2.45) is 5.92 Å². The number of hydrogen-bond acceptors (Lipinski definition) is 6. The minimum absolute atomic E-state index is 0.0610. The van der Waals surface area contributed by atoms with Crippen LogP contribution in [0.1, 0.15) is 25.3 Å². The number of halogens is 3. The number of carbonyl (C=O) groups is 2. The zero-order chi connectivity index (χ0) is 21.2. The van der Waals surface area contributed by atoms with Crippen molar-refractivity contribution in [3.63, 3.8) is 0 Å². The normalized spacial score (nSPS) is 20.9. The van der Waals surface area contributed by atoms with Gasteiger partial charge in [0, 0.05) is 0 Å². The lowest BCUT2D eigenvalue weighted by Gasteiger charge is -2.33. The first-order valence-corrected chi connectivity index (χ1v) is 8.76. The van der Waals surface area contributed by atoms with Gasteiger partial charge in [-0.05, 0) is 38.5 Å². The highest BCUT2D eigenvalue weighted by Gasteiger charge is 2.43. The van der Waals surface area contributed by atoms with E-state index in [-0.39, 0.29) is 24.4 Å². The molecular formula is C18H25F3N2O5. The molecule has 10 heteroatoms. The van der Waals surface area contributed by atoms with Crippen LogP contribution in [-0.2, 0) is 25.8 Å². The van der Waals surface area contributed by atoms with Gasteiger partial charge in [-0.3, -0.25) is 4.79 Å². The summed E-state index contributed by atoms with van der Waals surface area (Å²) >= 11 is 0. The molecule has 1 aromatic rings. The summed E-state index contributed by atoms with van der Waals surface area (Å²) in [6.07, 6.45) is -2.83. The Hall–Kier alpha value is -2.17. The van der Waals surface area contributed by atoms with Crippen LogP contribution in [0.15, 0.2) is 30.3 Å². The largest absolute Gasteiger partial charge is 0.549 e. The standard InChI is InChI=1S/C13H15NO3.C4H9N.CHF3O2/c1-2-10-11(14-12(10)15)13(16)17-8-9-6-4-3-5-7-9;1-5-3-2-4-5;2-1(3,4)6-5/h3-7,10-11H,2,8H2,1H3,(H,14,15);2-4H2,1H3;5H. The van der Waals surface area contributed by atoms with Crippen molar-refractivity contribution < 1.29 is 37.6 Å². The van der Waals surface area contributed by atoms with E-state index in [4.69, 9.17) is 9.99 Å². The van der Waals surface area contributed by atoms with Crippen molar-refractivity contribution in [1.82, 2.24) is 10.2 Å². The summed E-state index contributed by atoms with van der Waals surface area (Å²) in [7, 11) is 2.14. The molecule has 7 nitrogen and oxygen atoms in total.